The van der Waals surface area contributed by atoms with E-state index < -0.39 is 17.6 Å². The zero-order valence-electron chi connectivity index (χ0n) is 14.9. The lowest BCUT2D eigenvalue weighted by atomic mass is 10.1. The second-order valence-corrected chi connectivity index (χ2v) is 5.54. The molecule has 0 saturated heterocycles. The first kappa shape index (κ1) is 20.7. The highest BCUT2D eigenvalue weighted by atomic mass is 19.4. The van der Waals surface area contributed by atoms with Crippen molar-refractivity contribution in [3.63, 3.8) is 0 Å². The average Bonchev–Trinajstić information content (AvgIpc) is 2.66. The quantitative estimate of drug-likeness (QED) is 0.515. The number of rotatable bonds is 6. The van der Waals surface area contributed by atoms with Gasteiger partial charge in [0.15, 0.2) is 0 Å². The summed E-state index contributed by atoms with van der Waals surface area (Å²) in [6, 6.07) is 6.49. The number of amides is 1. The van der Waals surface area contributed by atoms with Gasteiger partial charge in [0, 0.05) is 42.1 Å². The topological polar surface area (TPSA) is 92.4 Å². The van der Waals surface area contributed by atoms with Crippen LogP contribution >= 0.6 is 0 Å². The fourth-order valence-corrected chi connectivity index (χ4v) is 2.22. The fourth-order valence-electron chi connectivity index (χ4n) is 2.22. The Hall–Kier alpha value is -3.62. The second kappa shape index (κ2) is 8.85. The molecule has 0 aliphatic carbocycles. The minimum atomic E-state index is -4.49. The van der Waals surface area contributed by atoms with Crippen LogP contribution < -0.4 is 16.4 Å². The van der Waals surface area contributed by atoms with Crippen molar-refractivity contribution >= 4 is 35.0 Å². The van der Waals surface area contributed by atoms with Gasteiger partial charge < -0.3 is 16.4 Å². The summed E-state index contributed by atoms with van der Waals surface area (Å²) in [4.78, 5) is 19.2. The zero-order chi connectivity index (χ0) is 20.7. The molecule has 0 aliphatic rings. The van der Waals surface area contributed by atoms with Crippen LogP contribution in [-0.4, -0.2) is 24.2 Å². The summed E-state index contributed by atoms with van der Waals surface area (Å²) in [7, 11) is 1.57. The summed E-state index contributed by atoms with van der Waals surface area (Å²) in [5, 5.41) is 5.43. The Morgan fingerprint density at radius 1 is 1.29 bits per heavy atom. The highest BCUT2D eigenvalue weighted by molar-refractivity contribution is 5.99. The van der Waals surface area contributed by atoms with Crippen molar-refractivity contribution in [2.45, 2.75) is 6.18 Å². The molecule has 0 radical (unpaired) electrons. The van der Waals surface area contributed by atoms with Gasteiger partial charge >= 0.3 is 6.18 Å². The van der Waals surface area contributed by atoms with E-state index in [1.807, 2.05) is 0 Å². The number of nitrogens with one attached hydrogen (secondary N) is 2. The lowest BCUT2D eigenvalue weighted by molar-refractivity contribution is -0.137. The van der Waals surface area contributed by atoms with E-state index >= 15 is 0 Å². The number of alkyl halides is 3. The third-order valence-corrected chi connectivity index (χ3v) is 3.54. The standard InChI is InChI=1S/C19H18F3N5O/c1-3-18(28)26-13-4-5-16(14(11-13)15(23)7-8-24-2)27-17-10-12(6-9-25-17)19(20,21)22/h3-11H,1,23H2,2H3,(H,25,27)(H,26,28). The van der Waals surface area contributed by atoms with Gasteiger partial charge in [0.05, 0.1) is 5.56 Å². The van der Waals surface area contributed by atoms with Crippen molar-refractivity contribution in [3.05, 3.63) is 66.4 Å². The van der Waals surface area contributed by atoms with E-state index in [1.54, 1.807) is 25.2 Å². The minimum absolute atomic E-state index is 0.00379. The molecule has 28 heavy (non-hydrogen) atoms. The first-order valence-corrected chi connectivity index (χ1v) is 8.00. The number of carbonyl (C=O) groups excluding carboxylic acids is 1. The van der Waals surface area contributed by atoms with Crippen molar-refractivity contribution in [2.24, 2.45) is 10.7 Å². The summed E-state index contributed by atoms with van der Waals surface area (Å²) >= 11 is 0. The number of benzene rings is 1. The third-order valence-electron chi connectivity index (χ3n) is 3.54. The van der Waals surface area contributed by atoms with Gasteiger partial charge in [-0.2, -0.15) is 13.2 Å². The Morgan fingerprint density at radius 2 is 2.04 bits per heavy atom. The van der Waals surface area contributed by atoms with Gasteiger partial charge in [-0.25, -0.2) is 4.98 Å². The van der Waals surface area contributed by atoms with Crippen LogP contribution in [0.5, 0.6) is 0 Å². The molecule has 0 atom stereocenters. The number of halogens is 3. The molecular weight excluding hydrogens is 371 g/mol. The zero-order valence-corrected chi connectivity index (χ0v) is 14.9. The number of aromatic nitrogens is 1. The van der Waals surface area contributed by atoms with E-state index in [0.717, 1.165) is 24.4 Å². The Labute approximate surface area is 159 Å². The molecule has 1 heterocycles. The maximum atomic E-state index is 12.9. The molecule has 1 amide bonds. The SMILES string of the molecule is C=CC(=O)Nc1ccc(Nc2cc(C(F)(F)F)ccn2)c(C(N)=CC=NC)c1. The summed E-state index contributed by atoms with van der Waals surface area (Å²) in [6.07, 6.45) is 0.682. The minimum Gasteiger partial charge on any atom is -0.398 e. The van der Waals surface area contributed by atoms with Gasteiger partial charge in [-0.3, -0.25) is 9.79 Å². The number of anilines is 3. The van der Waals surface area contributed by atoms with Crippen LogP contribution in [0.2, 0.25) is 0 Å². The van der Waals surface area contributed by atoms with Gasteiger partial charge in [-0.1, -0.05) is 6.58 Å². The van der Waals surface area contributed by atoms with Crippen LogP contribution in [0.15, 0.2) is 60.3 Å². The molecular formula is C19H18F3N5O. The van der Waals surface area contributed by atoms with Crippen molar-refractivity contribution in [1.29, 1.82) is 0 Å². The molecule has 1 aromatic carbocycles. The van der Waals surface area contributed by atoms with Crippen LogP contribution in [0.3, 0.4) is 0 Å². The number of nitrogens with two attached hydrogens (primary N) is 1. The first-order chi connectivity index (χ1) is 13.2. The lowest BCUT2D eigenvalue weighted by Gasteiger charge is -2.15. The van der Waals surface area contributed by atoms with E-state index in [-0.39, 0.29) is 11.5 Å². The molecule has 2 rings (SSSR count). The summed E-state index contributed by atoms with van der Waals surface area (Å²) < 4.78 is 38.7. The van der Waals surface area contributed by atoms with E-state index in [9.17, 15) is 18.0 Å². The van der Waals surface area contributed by atoms with Crippen LogP contribution in [0.25, 0.3) is 5.70 Å². The van der Waals surface area contributed by atoms with Gasteiger partial charge in [-0.15, -0.1) is 0 Å². The molecule has 0 aliphatic heterocycles. The Kier molecular flexibility index (Phi) is 6.54. The molecule has 0 saturated carbocycles. The number of hydrogen-bond donors (Lipinski definition) is 3. The number of nitrogens with zero attached hydrogens (tertiary/aromatic N) is 2. The largest absolute Gasteiger partial charge is 0.416 e. The van der Waals surface area contributed by atoms with E-state index in [1.165, 1.54) is 12.3 Å². The predicted molar refractivity (Wildman–Crippen MR) is 104 cm³/mol. The Bertz CT molecular complexity index is 935. The maximum Gasteiger partial charge on any atom is 0.416 e. The number of carbonyl (C=O) groups is 1. The molecule has 0 spiro atoms. The van der Waals surface area contributed by atoms with Crippen LogP contribution in [0, 0.1) is 0 Å². The Morgan fingerprint density at radius 3 is 2.68 bits per heavy atom. The molecule has 0 unspecified atom stereocenters. The predicted octanol–water partition coefficient (Wildman–Crippen LogP) is 3.97. The fraction of sp³-hybridized carbons (Fsp3) is 0.105. The molecule has 0 bridgehead atoms. The molecule has 0 fully saturated rings. The molecule has 6 nitrogen and oxygen atoms in total. The third kappa shape index (κ3) is 5.44. The second-order valence-electron chi connectivity index (χ2n) is 5.54. The van der Waals surface area contributed by atoms with Crippen molar-refractivity contribution in [1.82, 2.24) is 4.98 Å². The van der Waals surface area contributed by atoms with Gasteiger partial charge in [0.25, 0.3) is 0 Å². The average molecular weight is 389 g/mol. The van der Waals surface area contributed by atoms with Gasteiger partial charge in [-0.05, 0) is 42.5 Å². The maximum absolute atomic E-state index is 12.9. The van der Waals surface area contributed by atoms with Gasteiger partial charge in [0.2, 0.25) is 5.91 Å². The highest BCUT2D eigenvalue weighted by Gasteiger charge is 2.30. The lowest BCUT2D eigenvalue weighted by Crippen LogP contribution is -2.10. The summed E-state index contributed by atoms with van der Waals surface area (Å²) in [5.41, 5.74) is 6.81. The number of allylic oxidation sites excluding steroid dienone is 1. The van der Waals surface area contributed by atoms with E-state index in [0.29, 0.717) is 16.9 Å². The van der Waals surface area contributed by atoms with E-state index in [4.69, 9.17) is 5.73 Å². The smallest absolute Gasteiger partial charge is 0.398 e. The monoisotopic (exact) mass is 389 g/mol. The number of pyridine rings is 1. The molecule has 1 aromatic heterocycles. The summed E-state index contributed by atoms with van der Waals surface area (Å²) in [6.45, 7) is 3.38. The van der Waals surface area contributed by atoms with Crippen LogP contribution in [0.1, 0.15) is 11.1 Å². The summed E-state index contributed by atoms with van der Waals surface area (Å²) in [5.74, 6) is -0.417. The normalized spacial score (nSPS) is 12.1. The molecule has 146 valence electrons. The van der Waals surface area contributed by atoms with Crippen molar-refractivity contribution in [2.75, 3.05) is 17.7 Å². The highest BCUT2D eigenvalue weighted by Crippen LogP contribution is 2.32. The van der Waals surface area contributed by atoms with Crippen molar-refractivity contribution < 1.29 is 18.0 Å². The molecule has 4 N–H and O–H groups in total. The van der Waals surface area contributed by atoms with Gasteiger partial charge in [0.1, 0.15) is 5.82 Å². The first-order valence-electron chi connectivity index (χ1n) is 8.00. The number of aliphatic imine (C=N–C) groups is 1. The van der Waals surface area contributed by atoms with Crippen molar-refractivity contribution in [3.8, 4) is 0 Å². The van der Waals surface area contributed by atoms with E-state index in [2.05, 4.69) is 27.2 Å². The Balaban J connectivity index is 2.45. The molecule has 2 aromatic rings. The number of hydrogen-bond acceptors (Lipinski definition) is 5. The molecule has 9 heteroatoms. The van der Waals surface area contributed by atoms with Crippen LogP contribution in [-0.2, 0) is 11.0 Å². The van der Waals surface area contributed by atoms with Crippen LogP contribution in [0.4, 0.5) is 30.4 Å².